The monoisotopic (exact) mass is 196 g/mol. The van der Waals surface area contributed by atoms with E-state index in [9.17, 15) is 0 Å². The van der Waals surface area contributed by atoms with Gasteiger partial charge in [0.05, 0.1) is 13.3 Å². The molecule has 1 heterocycles. The molecule has 2 N–H and O–H groups in total. The Morgan fingerprint density at radius 3 is 2.93 bits per heavy atom. The summed E-state index contributed by atoms with van der Waals surface area (Å²) < 4.78 is 5.14. The summed E-state index contributed by atoms with van der Waals surface area (Å²) >= 11 is 0. The van der Waals surface area contributed by atoms with Gasteiger partial charge in [-0.15, -0.1) is 0 Å². The minimum absolute atomic E-state index is 0.0969. The van der Waals surface area contributed by atoms with Gasteiger partial charge in [0.15, 0.2) is 11.6 Å². The average molecular weight is 196 g/mol. The first kappa shape index (κ1) is 10.7. The summed E-state index contributed by atoms with van der Waals surface area (Å²) in [6, 6.07) is 0.0969. The molecular weight excluding hydrogens is 180 g/mol. The normalized spacial score (nSPS) is 12.3. The van der Waals surface area contributed by atoms with Gasteiger partial charge in [0.2, 0.25) is 0 Å². The molecule has 14 heavy (non-hydrogen) atoms. The Morgan fingerprint density at radius 1 is 1.64 bits per heavy atom. The Bertz CT molecular complexity index is 290. The number of nitrogens with zero attached hydrogens (tertiary/aromatic N) is 3. The first-order valence-corrected chi connectivity index (χ1v) is 4.46. The Balaban J connectivity index is 2.82. The smallest absolute Gasteiger partial charge is 0.179 e. The SMILES string of the molecule is COc1cncnc1N(C)CC(C)N. The van der Waals surface area contributed by atoms with E-state index in [0.717, 1.165) is 12.4 Å². The van der Waals surface area contributed by atoms with Gasteiger partial charge in [0.1, 0.15) is 6.33 Å². The summed E-state index contributed by atoms with van der Waals surface area (Å²) in [5, 5.41) is 0. The van der Waals surface area contributed by atoms with Gasteiger partial charge >= 0.3 is 0 Å². The van der Waals surface area contributed by atoms with Gasteiger partial charge in [-0.2, -0.15) is 0 Å². The molecule has 1 unspecified atom stereocenters. The van der Waals surface area contributed by atoms with Crippen molar-refractivity contribution in [2.75, 3.05) is 25.6 Å². The van der Waals surface area contributed by atoms with Gasteiger partial charge in [0.25, 0.3) is 0 Å². The molecule has 78 valence electrons. The maximum atomic E-state index is 5.70. The van der Waals surface area contributed by atoms with E-state index in [2.05, 4.69) is 9.97 Å². The van der Waals surface area contributed by atoms with Crippen molar-refractivity contribution < 1.29 is 4.74 Å². The number of anilines is 1. The van der Waals surface area contributed by atoms with Gasteiger partial charge in [0, 0.05) is 19.6 Å². The number of methoxy groups -OCH3 is 1. The molecule has 0 spiro atoms. The Morgan fingerprint density at radius 2 is 2.36 bits per heavy atom. The molecule has 1 aromatic heterocycles. The number of likely N-dealkylation sites (N-methyl/N-ethyl adjacent to an activating group) is 1. The second-order valence-corrected chi connectivity index (χ2v) is 3.27. The van der Waals surface area contributed by atoms with Crippen molar-refractivity contribution in [3.63, 3.8) is 0 Å². The second-order valence-electron chi connectivity index (χ2n) is 3.27. The number of nitrogens with two attached hydrogens (primary N) is 1. The third-order valence-electron chi connectivity index (χ3n) is 1.80. The zero-order valence-electron chi connectivity index (χ0n) is 8.77. The van der Waals surface area contributed by atoms with Crippen molar-refractivity contribution in [3.8, 4) is 5.75 Å². The lowest BCUT2D eigenvalue weighted by Gasteiger charge is -2.21. The Labute approximate surface area is 83.9 Å². The van der Waals surface area contributed by atoms with Gasteiger partial charge in [-0.3, -0.25) is 0 Å². The quantitative estimate of drug-likeness (QED) is 0.748. The highest BCUT2D eigenvalue weighted by Crippen LogP contribution is 2.22. The van der Waals surface area contributed by atoms with Crippen molar-refractivity contribution in [3.05, 3.63) is 12.5 Å². The van der Waals surface area contributed by atoms with Crippen LogP contribution in [0.2, 0.25) is 0 Å². The topological polar surface area (TPSA) is 64.3 Å². The number of hydrogen-bond donors (Lipinski definition) is 1. The molecule has 0 amide bonds. The third-order valence-corrected chi connectivity index (χ3v) is 1.80. The van der Waals surface area contributed by atoms with Crippen LogP contribution in [0.3, 0.4) is 0 Å². The molecule has 5 heteroatoms. The molecule has 1 rings (SSSR count). The minimum atomic E-state index is 0.0969. The van der Waals surface area contributed by atoms with E-state index in [1.165, 1.54) is 6.33 Å². The first-order chi connectivity index (χ1) is 6.65. The fraction of sp³-hybridized carbons (Fsp3) is 0.556. The lowest BCUT2D eigenvalue weighted by atomic mass is 10.3. The number of hydrogen-bond acceptors (Lipinski definition) is 5. The van der Waals surface area contributed by atoms with Crippen LogP contribution in [-0.4, -0.2) is 36.7 Å². The molecule has 1 aromatic rings. The van der Waals surface area contributed by atoms with E-state index in [-0.39, 0.29) is 6.04 Å². The summed E-state index contributed by atoms with van der Waals surface area (Å²) in [5.41, 5.74) is 5.70. The second kappa shape index (κ2) is 4.76. The summed E-state index contributed by atoms with van der Waals surface area (Å²) in [6.07, 6.45) is 3.13. The lowest BCUT2D eigenvalue weighted by molar-refractivity contribution is 0.410. The van der Waals surface area contributed by atoms with Crippen LogP contribution in [0.4, 0.5) is 5.82 Å². The van der Waals surface area contributed by atoms with Crippen LogP contribution >= 0.6 is 0 Å². The van der Waals surface area contributed by atoms with E-state index >= 15 is 0 Å². The molecular formula is C9H16N4O. The largest absolute Gasteiger partial charge is 0.491 e. The zero-order valence-corrected chi connectivity index (χ0v) is 8.77. The van der Waals surface area contributed by atoms with Crippen LogP contribution in [0.5, 0.6) is 5.75 Å². The van der Waals surface area contributed by atoms with Crippen LogP contribution in [0.15, 0.2) is 12.5 Å². The summed E-state index contributed by atoms with van der Waals surface area (Å²) in [6.45, 7) is 2.68. The van der Waals surface area contributed by atoms with Crippen molar-refractivity contribution in [2.24, 2.45) is 5.73 Å². The number of rotatable bonds is 4. The summed E-state index contributed by atoms with van der Waals surface area (Å²) in [4.78, 5) is 9.97. The van der Waals surface area contributed by atoms with Crippen LogP contribution < -0.4 is 15.4 Å². The van der Waals surface area contributed by atoms with Crippen molar-refractivity contribution in [1.82, 2.24) is 9.97 Å². The van der Waals surface area contributed by atoms with Crippen molar-refractivity contribution >= 4 is 5.82 Å². The molecule has 5 nitrogen and oxygen atoms in total. The molecule has 0 aromatic carbocycles. The summed E-state index contributed by atoms with van der Waals surface area (Å²) in [5.74, 6) is 1.43. The van der Waals surface area contributed by atoms with Crippen molar-refractivity contribution in [2.45, 2.75) is 13.0 Å². The Kier molecular flexibility index (Phi) is 3.64. The predicted octanol–water partition coefficient (Wildman–Crippen LogP) is 0.269. The molecule has 0 radical (unpaired) electrons. The fourth-order valence-electron chi connectivity index (χ4n) is 1.26. The molecule has 0 bridgehead atoms. The molecule has 0 fully saturated rings. The molecule has 0 aliphatic carbocycles. The zero-order chi connectivity index (χ0) is 10.6. The van der Waals surface area contributed by atoms with Gasteiger partial charge < -0.3 is 15.4 Å². The molecule has 0 aliphatic heterocycles. The predicted molar refractivity (Wildman–Crippen MR) is 55.5 cm³/mol. The number of aromatic nitrogens is 2. The van der Waals surface area contributed by atoms with E-state index in [1.54, 1.807) is 13.3 Å². The molecule has 0 saturated carbocycles. The molecule has 0 aliphatic rings. The first-order valence-electron chi connectivity index (χ1n) is 4.46. The molecule has 0 saturated heterocycles. The van der Waals surface area contributed by atoms with Gasteiger partial charge in [-0.05, 0) is 6.92 Å². The van der Waals surface area contributed by atoms with E-state index < -0.39 is 0 Å². The highest BCUT2D eigenvalue weighted by molar-refractivity contribution is 5.49. The third kappa shape index (κ3) is 2.56. The van der Waals surface area contributed by atoms with E-state index in [1.807, 2.05) is 18.9 Å². The average Bonchev–Trinajstić information content (AvgIpc) is 2.16. The van der Waals surface area contributed by atoms with Gasteiger partial charge in [-0.25, -0.2) is 9.97 Å². The van der Waals surface area contributed by atoms with Crippen LogP contribution in [-0.2, 0) is 0 Å². The Hall–Kier alpha value is -1.36. The van der Waals surface area contributed by atoms with Crippen LogP contribution in [0.25, 0.3) is 0 Å². The molecule has 1 atom stereocenters. The maximum absolute atomic E-state index is 5.70. The summed E-state index contributed by atoms with van der Waals surface area (Å²) in [7, 11) is 3.52. The standard InChI is InChI=1S/C9H16N4O/c1-7(10)5-13(2)9-8(14-3)4-11-6-12-9/h4,6-7H,5,10H2,1-3H3. The highest BCUT2D eigenvalue weighted by atomic mass is 16.5. The van der Waals surface area contributed by atoms with Gasteiger partial charge in [-0.1, -0.05) is 0 Å². The van der Waals surface area contributed by atoms with Crippen LogP contribution in [0, 0.1) is 0 Å². The van der Waals surface area contributed by atoms with E-state index in [4.69, 9.17) is 10.5 Å². The number of ether oxygens (including phenoxy) is 1. The highest BCUT2D eigenvalue weighted by Gasteiger charge is 2.10. The lowest BCUT2D eigenvalue weighted by Crippen LogP contribution is -2.33. The maximum Gasteiger partial charge on any atom is 0.179 e. The van der Waals surface area contributed by atoms with Crippen LogP contribution in [0.1, 0.15) is 6.92 Å². The van der Waals surface area contributed by atoms with Crippen molar-refractivity contribution in [1.29, 1.82) is 0 Å². The fourth-order valence-corrected chi connectivity index (χ4v) is 1.26. The van der Waals surface area contributed by atoms with E-state index in [0.29, 0.717) is 5.75 Å². The minimum Gasteiger partial charge on any atom is -0.491 e.